The average Bonchev–Trinajstić information content (AvgIpc) is 2.31. The Kier molecular flexibility index (Phi) is 5.50. The van der Waals surface area contributed by atoms with Crippen molar-refractivity contribution in [3.63, 3.8) is 0 Å². The highest BCUT2D eigenvalue weighted by Gasteiger charge is 2.16. The summed E-state index contributed by atoms with van der Waals surface area (Å²) in [6.07, 6.45) is 1.14. The molecule has 90 valence electrons. The van der Waals surface area contributed by atoms with E-state index in [4.69, 9.17) is 5.73 Å². The van der Waals surface area contributed by atoms with Gasteiger partial charge in [-0.2, -0.15) is 0 Å². The van der Waals surface area contributed by atoms with Gasteiger partial charge in [-0.15, -0.1) is 0 Å². The Hall–Kier alpha value is -0.860. The third-order valence-electron chi connectivity index (χ3n) is 3.10. The molecule has 2 heteroatoms. The van der Waals surface area contributed by atoms with E-state index < -0.39 is 0 Å². The lowest BCUT2D eigenvalue weighted by molar-refractivity contribution is 0.348. The lowest BCUT2D eigenvalue weighted by atomic mass is 9.98. The average molecular weight is 220 g/mol. The molecule has 16 heavy (non-hydrogen) atoms. The molecule has 2 atom stereocenters. The summed E-state index contributed by atoms with van der Waals surface area (Å²) in [6.45, 7) is 7.36. The number of nitrogens with one attached hydrogen (secondary N) is 1. The Balaban J connectivity index is 2.68. The van der Waals surface area contributed by atoms with Gasteiger partial charge in [0, 0.05) is 18.6 Å². The highest BCUT2D eigenvalue weighted by atomic mass is 15.0. The Bertz CT molecular complexity index is 282. The van der Waals surface area contributed by atoms with Gasteiger partial charge in [-0.1, -0.05) is 51.1 Å². The van der Waals surface area contributed by atoms with Gasteiger partial charge in [0.25, 0.3) is 0 Å². The molecule has 2 unspecified atom stereocenters. The van der Waals surface area contributed by atoms with Crippen molar-refractivity contribution >= 4 is 0 Å². The van der Waals surface area contributed by atoms with Crippen LogP contribution in [0, 0.1) is 5.92 Å². The summed E-state index contributed by atoms with van der Waals surface area (Å²) >= 11 is 0. The van der Waals surface area contributed by atoms with Gasteiger partial charge in [0.2, 0.25) is 0 Å². The number of hydrogen-bond acceptors (Lipinski definition) is 2. The van der Waals surface area contributed by atoms with Gasteiger partial charge in [0.05, 0.1) is 0 Å². The molecule has 3 N–H and O–H groups in total. The maximum absolute atomic E-state index is 5.85. The molecule has 0 aliphatic heterocycles. The summed E-state index contributed by atoms with van der Waals surface area (Å²) in [7, 11) is 0. The van der Waals surface area contributed by atoms with Crippen molar-refractivity contribution in [2.24, 2.45) is 11.7 Å². The van der Waals surface area contributed by atoms with Crippen molar-refractivity contribution < 1.29 is 0 Å². The molecule has 0 amide bonds. The minimum Gasteiger partial charge on any atom is -0.329 e. The van der Waals surface area contributed by atoms with Gasteiger partial charge in [0.1, 0.15) is 0 Å². The fourth-order valence-electron chi connectivity index (χ4n) is 2.03. The summed E-state index contributed by atoms with van der Waals surface area (Å²) in [5.41, 5.74) is 7.13. The first-order chi connectivity index (χ1) is 7.69. The van der Waals surface area contributed by atoms with E-state index in [2.05, 4.69) is 50.4 Å². The highest BCUT2D eigenvalue weighted by Crippen LogP contribution is 2.15. The van der Waals surface area contributed by atoms with Gasteiger partial charge in [-0.3, -0.25) is 0 Å². The molecule has 1 aromatic carbocycles. The molecule has 0 aliphatic carbocycles. The molecule has 1 rings (SSSR count). The largest absolute Gasteiger partial charge is 0.329 e. The number of rotatable bonds is 6. The van der Waals surface area contributed by atoms with E-state index in [-0.39, 0.29) is 6.04 Å². The predicted octanol–water partition coefficient (Wildman–Crippen LogP) is 2.71. The first-order valence-corrected chi connectivity index (χ1v) is 6.20. The Morgan fingerprint density at radius 3 is 2.25 bits per heavy atom. The molecule has 0 saturated carbocycles. The van der Waals surface area contributed by atoms with Crippen molar-refractivity contribution in [2.75, 3.05) is 6.54 Å². The highest BCUT2D eigenvalue weighted by molar-refractivity contribution is 5.19. The van der Waals surface area contributed by atoms with E-state index in [0.717, 1.165) is 6.42 Å². The fourth-order valence-corrected chi connectivity index (χ4v) is 2.03. The molecule has 0 spiro atoms. The molecular formula is C14H24N2. The molecule has 0 radical (unpaired) electrons. The first-order valence-electron chi connectivity index (χ1n) is 6.20. The van der Waals surface area contributed by atoms with Gasteiger partial charge >= 0.3 is 0 Å². The van der Waals surface area contributed by atoms with Crippen molar-refractivity contribution in [1.29, 1.82) is 0 Å². The van der Waals surface area contributed by atoms with Crippen LogP contribution in [0.15, 0.2) is 30.3 Å². The Morgan fingerprint density at radius 2 is 1.81 bits per heavy atom. The summed E-state index contributed by atoms with van der Waals surface area (Å²) in [5, 5.41) is 3.64. The number of hydrogen-bond donors (Lipinski definition) is 2. The molecule has 1 aromatic rings. The minimum atomic E-state index is 0.272. The monoisotopic (exact) mass is 220 g/mol. The van der Waals surface area contributed by atoms with Crippen LogP contribution < -0.4 is 11.1 Å². The third kappa shape index (κ3) is 3.62. The Morgan fingerprint density at radius 1 is 1.19 bits per heavy atom. The van der Waals surface area contributed by atoms with Crippen LogP contribution in [0.25, 0.3) is 0 Å². The molecular weight excluding hydrogens is 196 g/mol. The van der Waals surface area contributed by atoms with E-state index in [1.165, 1.54) is 5.56 Å². The van der Waals surface area contributed by atoms with E-state index in [0.29, 0.717) is 18.5 Å². The molecule has 2 nitrogen and oxygen atoms in total. The second-order valence-corrected chi connectivity index (χ2v) is 4.62. The van der Waals surface area contributed by atoms with E-state index in [1.807, 2.05) is 6.07 Å². The number of benzene rings is 1. The van der Waals surface area contributed by atoms with Crippen molar-refractivity contribution in [3.8, 4) is 0 Å². The van der Waals surface area contributed by atoms with Crippen LogP contribution in [0.4, 0.5) is 0 Å². The van der Waals surface area contributed by atoms with Crippen LogP contribution in [0.3, 0.4) is 0 Å². The van der Waals surface area contributed by atoms with Crippen LogP contribution >= 0.6 is 0 Å². The van der Waals surface area contributed by atoms with Crippen LogP contribution in [0.5, 0.6) is 0 Å². The second kappa shape index (κ2) is 6.66. The molecule has 0 aromatic heterocycles. The maximum atomic E-state index is 5.85. The first kappa shape index (κ1) is 13.2. The summed E-state index contributed by atoms with van der Waals surface area (Å²) in [6, 6.07) is 11.3. The van der Waals surface area contributed by atoms with E-state index in [1.54, 1.807) is 0 Å². The van der Waals surface area contributed by atoms with Crippen LogP contribution in [-0.2, 0) is 0 Å². The van der Waals surface area contributed by atoms with Crippen LogP contribution in [-0.4, -0.2) is 12.6 Å². The molecule has 0 fully saturated rings. The minimum absolute atomic E-state index is 0.272. The summed E-state index contributed by atoms with van der Waals surface area (Å²) < 4.78 is 0. The summed E-state index contributed by atoms with van der Waals surface area (Å²) in [4.78, 5) is 0. The van der Waals surface area contributed by atoms with Crippen LogP contribution in [0.2, 0.25) is 0 Å². The van der Waals surface area contributed by atoms with E-state index >= 15 is 0 Å². The lowest BCUT2D eigenvalue weighted by Crippen LogP contribution is -2.39. The van der Waals surface area contributed by atoms with Crippen molar-refractivity contribution in [1.82, 2.24) is 5.32 Å². The lowest BCUT2D eigenvalue weighted by Gasteiger charge is -2.27. The fraction of sp³-hybridized carbons (Fsp3) is 0.571. The second-order valence-electron chi connectivity index (χ2n) is 4.62. The van der Waals surface area contributed by atoms with Crippen molar-refractivity contribution in [3.05, 3.63) is 35.9 Å². The normalized spacial score (nSPS) is 15.1. The van der Waals surface area contributed by atoms with E-state index in [9.17, 15) is 0 Å². The molecule has 0 heterocycles. The number of nitrogens with two attached hydrogens (primary N) is 1. The third-order valence-corrected chi connectivity index (χ3v) is 3.10. The Labute approximate surface area is 99.2 Å². The van der Waals surface area contributed by atoms with Crippen molar-refractivity contribution in [2.45, 2.75) is 39.3 Å². The molecule has 0 aliphatic rings. The van der Waals surface area contributed by atoms with Crippen LogP contribution in [0.1, 0.15) is 38.8 Å². The van der Waals surface area contributed by atoms with Gasteiger partial charge in [0.15, 0.2) is 0 Å². The van der Waals surface area contributed by atoms with Gasteiger partial charge < -0.3 is 11.1 Å². The standard InChI is InChI=1S/C14H24N2/c1-4-13(11(2)3)16-14(10-15)12-8-6-5-7-9-12/h5-9,11,13-14,16H,4,10,15H2,1-3H3. The smallest absolute Gasteiger partial charge is 0.0446 e. The van der Waals surface area contributed by atoms with Gasteiger partial charge in [-0.05, 0) is 17.9 Å². The predicted molar refractivity (Wildman–Crippen MR) is 70.3 cm³/mol. The molecule has 0 saturated heterocycles. The zero-order valence-corrected chi connectivity index (χ0v) is 10.6. The molecule has 0 bridgehead atoms. The topological polar surface area (TPSA) is 38.0 Å². The zero-order chi connectivity index (χ0) is 12.0. The quantitative estimate of drug-likeness (QED) is 0.773. The SMILES string of the molecule is CCC(NC(CN)c1ccccc1)C(C)C. The maximum Gasteiger partial charge on any atom is 0.0446 e. The summed E-state index contributed by atoms with van der Waals surface area (Å²) in [5.74, 6) is 0.641. The van der Waals surface area contributed by atoms with Gasteiger partial charge in [-0.25, -0.2) is 0 Å². The zero-order valence-electron chi connectivity index (χ0n) is 10.6.